The van der Waals surface area contributed by atoms with E-state index in [2.05, 4.69) is 5.32 Å². The predicted octanol–water partition coefficient (Wildman–Crippen LogP) is 1.31. The highest BCUT2D eigenvalue weighted by Crippen LogP contribution is 2.09. The molecule has 1 rings (SSSR count). The van der Waals surface area contributed by atoms with Gasteiger partial charge in [0.05, 0.1) is 0 Å². The number of benzene rings is 1. The zero-order valence-electron chi connectivity index (χ0n) is 10.6. The van der Waals surface area contributed by atoms with Gasteiger partial charge < -0.3 is 10.2 Å². The second-order valence-corrected chi connectivity index (χ2v) is 4.01. The molecule has 0 unspecified atom stereocenters. The Balaban J connectivity index is 2.61. The Morgan fingerprint density at radius 3 is 2.50 bits per heavy atom. The second kappa shape index (κ2) is 6.74. The number of rotatable bonds is 5. The van der Waals surface area contributed by atoms with E-state index in [0.29, 0.717) is 18.7 Å². The maximum absolute atomic E-state index is 13.5. The van der Waals surface area contributed by atoms with Gasteiger partial charge >= 0.3 is 0 Å². The minimum atomic E-state index is -0.330. The summed E-state index contributed by atoms with van der Waals surface area (Å²) in [5.74, 6) is -0.628. The molecule has 1 aromatic rings. The fourth-order valence-corrected chi connectivity index (χ4v) is 1.55. The topological polar surface area (TPSA) is 49.4 Å². The normalized spacial score (nSPS) is 9.94. The fraction of sp³-hybridized carbons (Fsp3) is 0.385. The van der Waals surface area contributed by atoms with Crippen LogP contribution in [0.4, 0.5) is 4.39 Å². The molecular formula is C13H17FN2O2. The molecule has 4 nitrogen and oxygen atoms in total. The number of carbonyl (C=O) groups is 2. The van der Waals surface area contributed by atoms with Crippen molar-refractivity contribution in [3.63, 3.8) is 0 Å². The van der Waals surface area contributed by atoms with E-state index in [1.54, 1.807) is 18.2 Å². The van der Waals surface area contributed by atoms with Crippen LogP contribution in [0.1, 0.15) is 19.4 Å². The van der Waals surface area contributed by atoms with Crippen molar-refractivity contribution >= 4 is 11.8 Å². The molecule has 98 valence electrons. The first-order valence-corrected chi connectivity index (χ1v) is 5.74. The van der Waals surface area contributed by atoms with E-state index in [4.69, 9.17) is 0 Å². The van der Waals surface area contributed by atoms with Crippen molar-refractivity contribution in [2.75, 3.05) is 13.1 Å². The quantitative estimate of drug-likeness (QED) is 0.859. The summed E-state index contributed by atoms with van der Waals surface area (Å²) < 4.78 is 13.5. The van der Waals surface area contributed by atoms with Crippen LogP contribution in [0.25, 0.3) is 0 Å². The van der Waals surface area contributed by atoms with Gasteiger partial charge in [0.25, 0.3) is 0 Å². The van der Waals surface area contributed by atoms with E-state index in [9.17, 15) is 14.0 Å². The lowest BCUT2D eigenvalue weighted by atomic mass is 10.2. The van der Waals surface area contributed by atoms with Crippen LogP contribution < -0.4 is 5.32 Å². The standard InChI is InChI=1S/C13H17FN2O2/c1-10(17)15-7-8-16(11(2)18)9-12-5-3-4-6-13(12)14/h3-6H,7-9H2,1-2H3,(H,15,17). The van der Waals surface area contributed by atoms with Crippen LogP contribution >= 0.6 is 0 Å². The lowest BCUT2D eigenvalue weighted by molar-refractivity contribution is -0.130. The highest BCUT2D eigenvalue weighted by molar-refractivity contribution is 5.74. The van der Waals surface area contributed by atoms with E-state index >= 15 is 0 Å². The van der Waals surface area contributed by atoms with Gasteiger partial charge in [-0.15, -0.1) is 0 Å². The third-order valence-corrected chi connectivity index (χ3v) is 2.52. The Bertz CT molecular complexity index is 435. The summed E-state index contributed by atoms with van der Waals surface area (Å²) in [5, 5.41) is 2.60. The molecule has 0 aliphatic heterocycles. The van der Waals surface area contributed by atoms with E-state index in [-0.39, 0.29) is 24.2 Å². The van der Waals surface area contributed by atoms with E-state index in [0.717, 1.165) is 0 Å². The Morgan fingerprint density at radius 2 is 1.94 bits per heavy atom. The second-order valence-electron chi connectivity index (χ2n) is 4.01. The highest BCUT2D eigenvalue weighted by Gasteiger charge is 2.11. The lowest BCUT2D eigenvalue weighted by Gasteiger charge is -2.21. The number of amides is 2. The number of hydrogen-bond donors (Lipinski definition) is 1. The summed E-state index contributed by atoms with van der Waals surface area (Å²) in [5.41, 5.74) is 0.468. The average Bonchev–Trinajstić information content (AvgIpc) is 2.29. The van der Waals surface area contributed by atoms with E-state index < -0.39 is 0 Å². The zero-order chi connectivity index (χ0) is 13.5. The van der Waals surface area contributed by atoms with Crippen LogP contribution in [0.3, 0.4) is 0 Å². The Morgan fingerprint density at radius 1 is 1.28 bits per heavy atom. The van der Waals surface area contributed by atoms with Gasteiger partial charge in [0.2, 0.25) is 11.8 Å². The Labute approximate surface area is 106 Å². The molecule has 1 N–H and O–H groups in total. The number of carbonyl (C=O) groups excluding carboxylic acids is 2. The van der Waals surface area contributed by atoms with Crippen molar-refractivity contribution in [3.05, 3.63) is 35.6 Å². The summed E-state index contributed by atoms with van der Waals surface area (Å²) in [6.45, 7) is 3.78. The molecule has 5 heteroatoms. The van der Waals surface area contributed by atoms with Crippen LogP contribution in [-0.4, -0.2) is 29.8 Å². The summed E-state index contributed by atoms with van der Waals surface area (Å²) in [4.78, 5) is 23.7. The van der Waals surface area contributed by atoms with Crippen molar-refractivity contribution in [1.82, 2.24) is 10.2 Å². The summed E-state index contributed by atoms with van der Waals surface area (Å²) in [7, 11) is 0. The molecule has 0 saturated carbocycles. The van der Waals surface area contributed by atoms with E-state index in [1.807, 2.05) is 0 Å². The maximum atomic E-state index is 13.5. The van der Waals surface area contributed by atoms with Crippen LogP contribution in [0, 0.1) is 5.82 Å². The molecule has 0 atom stereocenters. The van der Waals surface area contributed by atoms with Gasteiger partial charge in [-0.25, -0.2) is 4.39 Å². The van der Waals surface area contributed by atoms with Crippen LogP contribution in [-0.2, 0) is 16.1 Å². The van der Waals surface area contributed by atoms with Crippen molar-refractivity contribution in [2.24, 2.45) is 0 Å². The van der Waals surface area contributed by atoms with Gasteiger partial charge in [-0.05, 0) is 6.07 Å². The maximum Gasteiger partial charge on any atom is 0.219 e. The van der Waals surface area contributed by atoms with Crippen LogP contribution in [0.15, 0.2) is 24.3 Å². The lowest BCUT2D eigenvalue weighted by Crippen LogP contribution is -2.36. The molecule has 0 aromatic heterocycles. The number of halogens is 1. The fourth-order valence-electron chi connectivity index (χ4n) is 1.55. The molecule has 0 fully saturated rings. The summed E-state index contributed by atoms with van der Waals surface area (Å²) in [6.07, 6.45) is 0. The smallest absolute Gasteiger partial charge is 0.219 e. The number of nitrogens with one attached hydrogen (secondary N) is 1. The van der Waals surface area contributed by atoms with Crippen molar-refractivity contribution in [1.29, 1.82) is 0 Å². The number of hydrogen-bond acceptors (Lipinski definition) is 2. The van der Waals surface area contributed by atoms with Gasteiger partial charge in [0.1, 0.15) is 5.82 Å². The molecule has 0 spiro atoms. The molecule has 0 saturated heterocycles. The van der Waals surface area contributed by atoms with Crippen LogP contribution in [0.2, 0.25) is 0 Å². The molecule has 0 bridgehead atoms. The van der Waals surface area contributed by atoms with Crippen molar-refractivity contribution < 1.29 is 14.0 Å². The molecular weight excluding hydrogens is 235 g/mol. The van der Waals surface area contributed by atoms with Gasteiger partial charge in [-0.2, -0.15) is 0 Å². The monoisotopic (exact) mass is 252 g/mol. The van der Waals surface area contributed by atoms with Gasteiger partial charge in [-0.3, -0.25) is 9.59 Å². The van der Waals surface area contributed by atoms with Crippen LogP contribution in [0.5, 0.6) is 0 Å². The first-order valence-electron chi connectivity index (χ1n) is 5.74. The number of nitrogens with zero attached hydrogens (tertiary/aromatic N) is 1. The predicted molar refractivity (Wildman–Crippen MR) is 66.2 cm³/mol. The third kappa shape index (κ3) is 4.53. The Hall–Kier alpha value is -1.91. The summed E-state index contributed by atoms with van der Waals surface area (Å²) in [6, 6.07) is 6.34. The molecule has 18 heavy (non-hydrogen) atoms. The van der Waals surface area contributed by atoms with Gasteiger partial charge in [0.15, 0.2) is 0 Å². The van der Waals surface area contributed by atoms with Crippen molar-refractivity contribution in [2.45, 2.75) is 20.4 Å². The zero-order valence-corrected chi connectivity index (χ0v) is 10.6. The first-order chi connectivity index (χ1) is 8.50. The largest absolute Gasteiger partial charge is 0.355 e. The van der Waals surface area contributed by atoms with Crippen molar-refractivity contribution in [3.8, 4) is 0 Å². The summed E-state index contributed by atoms with van der Waals surface area (Å²) >= 11 is 0. The molecule has 2 amide bonds. The van der Waals surface area contributed by atoms with Gasteiger partial charge in [0, 0.05) is 39.0 Å². The molecule has 0 radical (unpaired) electrons. The highest BCUT2D eigenvalue weighted by atomic mass is 19.1. The third-order valence-electron chi connectivity index (χ3n) is 2.52. The minimum absolute atomic E-state index is 0.149. The molecule has 0 aliphatic carbocycles. The minimum Gasteiger partial charge on any atom is -0.355 e. The SMILES string of the molecule is CC(=O)NCCN(Cc1ccccc1F)C(C)=O. The first kappa shape index (κ1) is 14.2. The average molecular weight is 252 g/mol. The van der Waals surface area contributed by atoms with E-state index in [1.165, 1.54) is 24.8 Å². The molecule has 1 aromatic carbocycles. The molecule has 0 heterocycles. The Kier molecular flexibility index (Phi) is 5.30. The molecule has 0 aliphatic rings. The van der Waals surface area contributed by atoms with Gasteiger partial charge in [-0.1, -0.05) is 18.2 Å².